The van der Waals surface area contributed by atoms with E-state index in [9.17, 15) is 0 Å². The van der Waals surface area contributed by atoms with Gasteiger partial charge >= 0.3 is 0 Å². The average Bonchev–Trinajstić information content (AvgIpc) is 2.98. The highest BCUT2D eigenvalue weighted by atomic mass is 16.5. The quantitative estimate of drug-likeness (QED) is 0.495. The zero-order chi connectivity index (χ0) is 21.7. The van der Waals surface area contributed by atoms with Gasteiger partial charge in [0.05, 0.1) is 24.2 Å². The van der Waals surface area contributed by atoms with Gasteiger partial charge in [-0.2, -0.15) is 0 Å². The van der Waals surface area contributed by atoms with Crippen LogP contribution in [0.15, 0.2) is 65.7 Å². The monoisotopic (exact) mass is 425 g/mol. The van der Waals surface area contributed by atoms with Crippen LogP contribution in [0.4, 0.5) is 5.95 Å². The molecule has 4 aromatic rings. The molecule has 2 aliphatic heterocycles. The molecule has 2 aliphatic rings. The number of nitrogens with two attached hydrogens (primary N) is 1. The van der Waals surface area contributed by atoms with Gasteiger partial charge in [0, 0.05) is 18.6 Å². The van der Waals surface area contributed by atoms with E-state index in [1.54, 1.807) is 0 Å². The van der Waals surface area contributed by atoms with Crippen molar-refractivity contribution in [2.75, 3.05) is 18.5 Å². The van der Waals surface area contributed by atoms with Gasteiger partial charge in [-0.05, 0) is 29.7 Å². The molecule has 1 aromatic heterocycles. The fourth-order valence-electron chi connectivity index (χ4n) is 4.27. The molecule has 160 valence electrons. The lowest BCUT2D eigenvalue weighted by molar-refractivity contribution is 0.297. The third-order valence-electron chi connectivity index (χ3n) is 5.87. The second kappa shape index (κ2) is 7.30. The molecule has 0 saturated heterocycles. The first-order valence-electron chi connectivity index (χ1n) is 10.7. The van der Waals surface area contributed by atoms with Crippen LogP contribution >= 0.6 is 0 Å². The molecule has 1 atom stereocenters. The number of ether oxygens (including phenoxy) is 2. The topological polar surface area (TPSA) is 86.7 Å². The summed E-state index contributed by atoms with van der Waals surface area (Å²) in [6.07, 6.45) is 0.514. The Hall–Kier alpha value is -4.00. The number of nitrogens with one attached hydrogen (secondary N) is 1. The molecule has 7 heteroatoms. The van der Waals surface area contributed by atoms with Crippen LogP contribution in [0.5, 0.6) is 11.5 Å². The van der Waals surface area contributed by atoms with Crippen molar-refractivity contribution in [3.63, 3.8) is 0 Å². The van der Waals surface area contributed by atoms with E-state index in [0.717, 1.165) is 45.6 Å². The van der Waals surface area contributed by atoms with Crippen LogP contribution in [0.25, 0.3) is 22.2 Å². The third-order valence-corrected chi connectivity index (χ3v) is 5.87. The molecule has 1 unspecified atom stereocenters. The lowest BCUT2D eigenvalue weighted by atomic mass is 10.0. The van der Waals surface area contributed by atoms with Gasteiger partial charge in [0.15, 0.2) is 23.6 Å². The minimum absolute atomic E-state index is 0.340. The molecule has 0 fully saturated rings. The van der Waals surface area contributed by atoms with Crippen molar-refractivity contribution < 1.29 is 9.47 Å². The molecular weight excluding hydrogens is 402 g/mol. The smallest absolute Gasteiger partial charge is 0.212 e. The van der Waals surface area contributed by atoms with E-state index in [-0.39, 0.29) is 6.17 Å². The number of fused-ring (bicyclic) bond motifs is 4. The number of hydrogen-bond donors (Lipinski definition) is 2. The van der Waals surface area contributed by atoms with E-state index in [4.69, 9.17) is 25.2 Å². The molecule has 0 bridgehead atoms. The summed E-state index contributed by atoms with van der Waals surface area (Å²) < 4.78 is 13.8. The number of aliphatic imine (C=N–C) groups is 1. The van der Waals surface area contributed by atoms with E-state index < -0.39 is 0 Å². The SMILES string of the molecule is Cc1ccc(-c2cccc(C3N=C(N)Nc4nc5cc6c(cc5n43)OCCCO6)c2)cc1. The Bertz CT molecular complexity index is 1360. The highest BCUT2D eigenvalue weighted by Gasteiger charge is 2.27. The van der Waals surface area contributed by atoms with Crippen molar-refractivity contribution >= 4 is 22.9 Å². The Morgan fingerprint density at radius 2 is 1.75 bits per heavy atom. The lowest BCUT2D eigenvalue weighted by Crippen LogP contribution is -2.31. The summed E-state index contributed by atoms with van der Waals surface area (Å²) in [7, 11) is 0. The van der Waals surface area contributed by atoms with Crippen molar-refractivity contribution in [1.82, 2.24) is 9.55 Å². The maximum Gasteiger partial charge on any atom is 0.212 e. The van der Waals surface area contributed by atoms with Crippen LogP contribution in [0.2, 0.25) is 0 Å². The minimum atomic E-state index is -0.341. The van der Waals surface area contributed by atoms with E-state index in [0.29, 0.717) is 25.1 Å². The number of aromatic nitrogens is 2. The number of hydrogen-bond acceptors (Lipinski definition) is 6. The molecular formula is C25H23N5O2. The first-order valence-corrected chi connectivity index (χ1v) is 10.7. The Balaban J connectivity index is 1.49. The standard InChI is InChI=1S/C25H23N5O2/c1-15-6-8-16(9-7-15)17-4-2-5-18(12-17)23-28-24(26)29-25-27-19-13-21-22(14-20(19)30(23)25)32-11-3-10-31-21/h2,4-9,12-14,23H,3,10-11H2,1H3,(H3,26,27,28,29). The highest BCUT2D eigenvalue weighted by Crippen LogP contribution is 2.39. The normalized spacial score (nSPS) is 17.3. The highest BCUT2D eigenvalue weighted by molar-refractivity contribution is 5.95. The molecule has 0 spiro atoms. The van der Waals surface area contributed by atoms with E-state index >= 15 is 0 Å². The summed E-state index contributed by atoms with van der Waals surface area (Å²) >= 11 is 0. The van der Waals surface area contributed by atoms with Crippen molar-refractivity contribution in [2.45, 2.75) is 19.5 Å². The maximum atomic E-state index is 6.14. The predicted octanol–water partition coefficient (Wildman–Crippen LogP) is 4.46. The zero-order valence-electron chi connectivity index (χ0n) is 17.7. The molecule has 0 radical (unpaired) electrons. The molecule has 3 heterocycles. The van der Waals surface area contributed by atoms with Gasteiger partial charge in [-0.25, -0.2) is 9.98 Å². The first-order chi connectivity index (χ1) is 15.7. The number of nitrogens with zero attached hydrogens (tertiary/aromatic N) is 3. The third kappa shape index (κ3) is 3.13. The molecule has 7 nitrogen and oxygen atoms in total. The maximum absolute atomic E-state index is 6.14. The van der Waals surface area contributed by atoms with Crippen molar-refractivity contribution in [3.8, 4) is 22.6 Å². The summed E-state index contributed by atoms with van der Waals surface area (Å²) in [4.78, 5) is 9.49. The molecule has 3 aromatic carbocycles. The Morgan fingerprint density at radius 1 is 0.969 bits per heavy atom. The average molecular weight is 425 g/mol. The number of aryl methyl sites for hydroxylation is 1. The van der Waals surface area contributed by atoms with E-state index in [2.05, 4.69) is 65.3 Å². The van der Waals surface area contributed by atoms with Gasteiger partial charge in [-0.15, -0.1) is 0 Å². The van der Waals surface area contributed by atoms with Gasteiger partial charge in [0.25, 0.3) is 0 Å². The summed E-state index contributed by atoms with van der Waals surface area (Å²) in [6.45, 7) is 3.35. The largest absolute Gasteiger partial charge is 0.489 e. The minimum Gasteiger partial charge on any atom is -0.489 e. The van der Waals surface area contributed by atoms with Gasteiger partial charge in [0.2, 0.25) is 5.95 Å². The van der Waals surface area contributed by atoms with Crippen molar-refractivity contribution in [2.24, 2.45) is 10.7 Å². The van der Waals surface area contributed by atoms with Crippen molar-refractivity contribution in [1.29, 1.82) is 0 Å². The number of guanidine groups is 1. The van der Waals surface area contributed by atoms with Crippen LogP contribution < -0.4 is 20.5 Å². The molecule has 0 aliphatic carbocycles. The number of imidazole rings is 1. The summed E-state index contributed by atoms with van der Waals surface area (Å²) in [5.41, 5.74) is 12.4. The Kier molecular flexibility index (Phi) is 4.28. The Labute approximate surface area is 185 Å². The van der Waals surface area contributed by atoms with E-state index in [1.807, 2.05) is 12.1 Å². The molecule has 6 rings (SSSR count). The van der Waals surface area contributed by atoms with Crippen LogP contribution in [0.3, 0.4) is 0 Å². The molecule has 3 N–H and O–H groups in total. The summed E-state index contributed by atoms with van der Waals surface area (Å²) in [5.74, 6) is 2.44. The van der Waals surface area contributed by atoms with Crippen LogP contribution in [-0.4, -0.2) is 28.7 Å². The summed E-state index contributed by atoms with van der Waals surface area (Å²) in [6, 6.07) is 20.8. The van der Waals surface area contributed by atoms with Crippen molar-refractivity contribution in [3.05, 3.63) is 71.8 Å². The van der Waals surface area contributed by atoms with Crippen LogP contribution in [0, 0.1) is 6.92 Å². The van der Waals surface area contributed by atoms with E-state index in [1.165, 1.54) is 5.56 Å². The predicted molar refractivity (Wildman–Crippen MR) is 125 cm³/mol. The molecule has 0 saturated carbocycles. The van der Waals surface area contributed by atoms with Gasteiger partial charge in [0.1, 0.15) is 0 Å². The number of benzene rings is 3. The zero-order valence-corrected chi connectivity index (χ0v) is 17.7. The molecule has 0 amide bonds. The van der Waals surface area contributed by atoms with Crippen LogP contribution in [-0.2, 0) is 0 Å². The summed E-state index contributed by atoms with van der Waals surface area (Å²) in [5, 5.41) is 3.10. The van der Waals surface area contributed by atoms with Gasteiger partial charge < -0.3 is 15.2 Å². The van der Waals surface area contributed by atoms with Gasteiger partial charge in [-0.3, -0.25) is 9.88 Å². The van der Waals surface area contributed by atoms with Crippen LogP contribution in [0.1, 0.15) is 23.7 Å². The fourth-order valence-corrected chi connectivity index (χ4v) is 4.27. The number of rotatable bonds is 2. The second-order valence-corrected chi connectivity index (χ2v) is 8.15. The lowest BCUT2D eigenvalue weighted by Gasteiger charge is -2.24. The number of anilines is 1. The first kappa shape index (κ1) is 18.7. The molecule has 32 heavy (non-hydrogen) atoms. The second-order valence-electron chi connectivity index (χ2n) is 8.15. The Morgan fingerprint density at radius 3 is 2.56 bits per heavy atom. The van der Waals surface area contributed by atoms with Gasteiger partial charge in [-0.1, -0.05) is 48.0 Å². The fraction of sp³-hybridized carbons (Fsp3) is 0.200.